The molecule has 0 atom stereocenters. The van der Waals surface area contributed by atoms with E-state index in [0.717, 1.165) is 5.56 Å². The van der Waals surface area contributed by atoms with Gasteiger partial charge in [-0.15, -0.1) is 0 Å². The molecule has 0 saturated heterocycles. The third-order valence-electron chi connectivity index (χ3n) is 3.64. The number of rotatable bonds is 7. The first-order valence-corrected chi connectivity index (χ1v) is 8.32. The zero-order valence-corrected chi connectivity index (χ0v) is 14.8. The van der Waals surface area contributed by atoms with Crippen LogP contribution in [0.3, 0.4) is 0 Å². The van der Waals surface area contributed by atoms with Gasteiger partial charge >= 0.3 is 0 Å². The first kappa shape index (κ1) is 17.8. The molecule has 1 amide bonds. The van der Waals surface area contributed by atoms with E-state index in [0.29, 0.717) is 41.0 Å². The SMILES string of the molecule is CCOc1cc(-c2n[nH]nc2C(N)=O)ccc1OCc1ccccc1Cl. The van der Waals surface area contributed by atoms with Gasteiger partial charge in [0.05, 0.1) is 6.61 Å². The number of carbonyl (C=O) groups excluding carboxylic acids is 1. The number of hydrogen-bond donors (Lipinski definition) is 2. The summed E-state index contributed by atoms with van der Waals surface area (Å²) in [7, 11) is 0. The molecule has 0 radical (unpaired) electrons. The van der Waals surface area contributed by atoms with Crippen LogP contribution < -0.4 is 15.2 Å². The van der Waals surface area contributed by atoms with E-state index in [9.17, 15) is 4.79 Å². The Balaban J connectivity index is 1.88. The van der Waals surface area contributed by atoms with E-state index in [1.807, 2.05) is 31.2 Å². The molecule has 3 aromatic rings. The molecule has 2 aromatic carbocycles. The minimum Gasteiger partial charge on any atom is -0.490 e. The number of hydrogen-bond acceptors (Lipinski definition) is 5. The van der Waals surface area contributed by atoms with Crippen LogP contribution in [0.1, 0.15) is 23.0 Å². The molecular formula is C18H17ClN4O3. The van der Waals surface area contributed by atoms with Gasteiger partial charge in [-0.2, -0.15) is 15.4 Å². The molecule has 26 heavy (non-hydrogen) atoms. The van der Waals surface area contributed by atoms with Crippen LogP contribution in [0, 0.1) is 0 Å². The lowest BCUT2D eigenvalue weighted by atomic mass is 10.1. The molecule has 1 aromatic heterocycles. The van der Waals surface area contributed by atoms with Gasteiger partial charge < -0.3 is 15.2 Å². The van der Waals surface area contributed by atoms with E-state index < -0.39 is 5.91 Å². The first-order chi connectivity index (χ1) is 12.6. The normalized spacial score (nSPS) is 10.5. The summed E-state index contributed by atoms with van der Waals surface area (Å²) < 4.78 is 11.5. The quantitative estimate of drug-likeness (QED) is 0.662. The second-order valence-corrected chi connectivity index (χ2v) is 5.77. The topological polar surface area (TPSA) is 103 Å². The summed E-state index contributed by atoms with van der Waals surface area (Å²) in [6.07, 6.45) is 0. The number of nitrogens with two attached hydrogens (primary N) is 1. The lowest BCUT2D eigenvalue weighted by molar-refractivity contribution is 0.0996. The molecule has 0 aliphatic carbocycles. The van der Waals surface area contributed by atoms with Crippen LogP contribution in [-0.2, 0) is 6.61 Å². The second kappa shape index (κ2) is 7.88. The summed E-state index contributed by atoms with van der Waals surface area (Å²) in [4.78, 5) is 11.5. The van der Waals surface area contributed by atoms with Crippen molar-refractivity contribution in [3.63, 3.8) is 0 Å². The summed E-state index contributed by atoms with van der Waals surface area (Å²) in [5.41, 5.74) is 7.25. The highest BCUT2D eigenvalue weighted by Gasteiger charge is 2.17. The fourth-order valence-corrected chi connectivity index (χ4v) is 2.61. The molecule has 3 N–H and O–H groups in total. The molecule has 0 fully saturated rings. The molecule has 0 spiro atoms. The van der Waals surface area contributed by atoms with Gasteiger partial charge in [0, 0.05) is 16.1 Å². The van der Waals surface area contributed by atoms with Crippen molar-refractivity contribution >= 4 is 17.5 Å². The Morgan fingerprint density at radius 2 is 1.96 bits per heavy atom. The second-order valence-electron chi connectivity index (χ2n) is 5.36. The average Bonchev–Trinajstić information content (AvgIpc) is 3.12. The Morgan fingerprint density at radius 3 is 2.69 bits per heavy atom. The van der Waals surface area contributed by atoms with Gasteiger partial charge in [0.1, 0.15) is 12.3 Å². The van der Waals surface area contributed by atoms with Gasteiger partial charge in [0.25, 0.3) is 5.91 Å². The summed E-state index contributed by atoms with van der Waals surface area (Å²) in [6.45, 7) is 2.62. The molecule has 0 aliphatic rings. The Kier molecular flexibility index (Phi) is 5.38. The predicted molar refractivity (Wildman–Crippen MR) is 97.3 cm³/mol. The highest BCUT2D eigenvalue weighted by molar-refractivity contribution is 6.31. The zero-order valence-electron chi connectivity index (χ0n) is 14.0. The molecule has 0 saturated carbocycles. The summed E-state index contributed by atoms with van der Waals surface area (Å²) in [6, 6.07) is 12.7. The van der Waals surface area contributed by atoms with Crippen molar-refractivity contribution in [2.45, 2.75) is 13.5 Å². The van der Waals surface area contributed by atoms with E-state index in [1.165, 1.54) is 0 Å². The van der Waals surface area contributed by atoms with Crippen molar-refractivity contribution < 1.29 is 14.3 Å². The monoisotopic (exact) mass is 372 g/mol. The van der Waals surface area contributed by atoms with E-state index in [4.69, 9.17) is 26.8 Å². The van der Waals surface area contributed by atoms with Gasteiger partial charge in [0.2, 0.25) is 0 Å². The number of nitrogens with one attached hydrogen (secondary N) is 1. The van der Waals surface area contributed by atoms with Gasteiger partial charge in [-0.3, -0.25) is 4.79 Å². The number of benzene rings is 2. The maximum Gasteiger partial charge on any atom is 0.271 e. The Bertz CT molecular complexity index is 926. The maximum atomic E-state index is 11.5. The first-order valence-electron chi connectivity index (χ1n) is 7.94. The number of nitrogens with zero attached hydrogens (tertiary/aromatic N) is 2. The highest BCUT2D eigenvalue weighted by Crippen LogP contribution is 2.33. The highest BCUT2D eigenvalue weighted by atomic mass is 35.5. The average molecular weight is 373 g/mol. The van der Waals surface area contributed by atoms with Crippen LogP contribution in [0.5, 0.6) is 11.5 Å². The van der Waals surface area contributed by atoms with Crippen LogP contribution in [0.15, 0.2) is 42.5 Å². The number of amides is 1. The zero-order chi connectivity index (χ0) is 18.5. The minimum atomic E-state index is -0.661. The van der Waals surface area contributed by atoms with Gasteiger partial charge in [0.15, 0.2) is 17.2 Å². The van der Waals surface area contributed by atoms with Crippen molar-refractivity contribution in [2.24, 2.45) is 5.73 Å². The largest absolute Gasteiger partial charge is 0.490 e. The number of halogens is 1. The van der Waals surface area contributed by atoms with Crippen molar-refractivity contribution in [3.8, 4) is 22.8 Å². The molecule has 8 heteroatoms. The maximum absolute atomic E-state index is 11.5. The lowest BCUT2D eigenvalue weighted by Gasteiger charge is -2.13. The number of carbonyl (C=O) groups is 1. The fourth-order valence-electron chi connectivity index (χ4n) is 2.42. The summed E-state index contributed by atoms with van der Waals surface area (Å²) in [5, 5.41) is 10.8. The minimum absolute atomic E-state index is 0.0668. The van der Waals surface area contributed by atoms with E-state index in [-0.39, 0.29) is 5.69 Å². The smallest absolute Gasteiger partial charge is 0.271 e. The van der Waals surface area contributed by atoms with Crippen LogP contribution in [0.4, 0.5) is 0 Å². The molecule has 1 heterocycles. The Labute approximate surface area is 155 Å². The number of primary amides is 1. The number of ether oxygens (including phenoxy) is 2. The van der Waals surface area contributed by atoms with Crippen LogP contribution in [-0.4, -0.2) is 27.9 Å². The van der Waals surface area contributed by atoms with Crippen LogP contribution in [0.25, 0.3) is 11.3 Å². The molecule has 0 aliphatic heterocycles. The Hall–Kier alpha value is -3.06. The van der Waals surface area contributed by atoms with Crippen LogP contribution in [0.2, 0.25) is 5.02 Å². The number of aromatic amines is 1. The number of aromatic nitrogens is 3. The third kappa shape index (κ3) is 3.78. The lowest BCUT2D eigenvalue weighted by Crippen LogP contribution is -2.12. The molecule has 3 rings (SSSR count). The fraction of sp³-hybridized carbons (Fsp3) is 0.167. The third-order valence-corrected chi connectivity index (χ3v) is 4.01. The van der Waals surface area contributed by atoms with Crippen molar-refractivity contribution in [1.29, 1.82) is 0 Å². The predicted octanol–water partition coefficient (Wildman–Crippen LogP) is 3.20. The van der Waals surface area contributed by atoms with E-state index in [1.54, 1.807) is 18.2 Å². The number of H-pyrrole nitrogens is 1. The van der Waals surface area contributed by atoms with Crippen molar-refractivity contribution in [3.05, 3.63) is 58.7 Å². The standard InChI is InChI=1S/C18H17ClN4O3/c1-2-25-15-9-11(16-17(18(20)24)22-23-21-16)7-8-14(15)26-10-12-5-3-4-6-13(12)19/h3-9H,2,10H2,1H3,(H2,20,24)(H,21,22,23). The van der Waals surface area contributed by atoms with Crippen LogP contribution >= 0.6 is 11.6 Å². The van der Waals surface area contributed by atoms with Crippen molar-refractivity contribution in [2.75, 3.05) is 6.61 Å². The summed E-state index contributed by atoms with van der Waals surface area (Å²) >= 11 is 6.16. The molecule has 7 nitrogen and oxygen atoms in total. The Morgan fingerprint density at radius 1 is 1.15 bits per heavy atom. The van der Waals surface area contributed by atoms with Crippen molar-refractivity contribution in [1.82, 2.24) is 15.4 Å². The summed E-state index contributed by atoms with van der Waals surface area (Å²) in [5.74, 6) is 0.417. The van der Waals surface area contributed by atoms with Gasteiger partial charge in [-0.05, 0) is 31.2 Å². The molecule has 0 bridgehead atoms. The van der Waals surface area contributed by atoms with Gasteiger partial charge in [-0.25, -0.2) is 0 Å². The molecule has 134 valence electrons. The molecular weight excluding hydrogens is 356 g/mol. The van der Waals surface area contributed by atoms with E-state index in [2.05, 4.69) is 15.4 Å². The van der Waals surface area contributed by atoms with Gasteiger partial charge in [-0.1, -0.05) is 29.8 Å². The molecule has 0 unspecified atom stereocenters. The van der Waals surface area contributed by atoms with E-state index >= 15 is 0 Å².